The van der Waals surface area contributed by atoms with Crippen molar-refractivity contribution in [3.05, 3.63) is 102 Å². The van der Waals surface area contributed by atoms with Gasteiger partial charge in [0, 0.05) is 37.5 Å². The molecule has 0 saturated carbocycles. The van der Waals surface area contributed by atoms with E-state index in [2.05, 4.69) is 41.7 Å². The number of nitrogens with one attached hydrogen (secondary N) is 1. The van der Waals surface area contributed by atoms with Crippen LogP contribution in [0.4, 0.5) is 0 Å². The van der Waals surface area contributed by atoms with Crippen LogP contribution in [0.25, 0.3) is 0 Å². The average Bonchev–Trinajstić information content (AvgIpc) is 2.88. The van der Waals surface area contributed by atoms with E-state index < -0.39 is 0 Å². The fourth-order valence-corrected chi connectivity index (χ4v) is 4.60. The molecule has 0 unspecified atom stereocenters. The van der Waals surface area contributed by atoms with Crippen LogP contribution in [0.3, 0.4) is 0 Å². The first-order chi connectivity index (χ1) is 15.7. The third-order valence-electron chi connectivity index (χ3n) is 6.57. The summed E-state index contributed by atoms with van der Waals surface area (Å²) in [6.07, 6.45) is 2.23. The molecule has 3 aromatic rings. The molecule has 0 aliphatic carbocycles. The number of carbonyl (C=O) groups is 1. The molecule has 1 fully saturated rings. The molecule has 4 rings (SSSR count). The Kier molecular flexibility index (Phi) is 7.23. The van der Waals surface area contributed by atoms with Crippen LogP contribution in [0.15, 0.2) is 84.9 Å². The lowest BCUT2D eigenvalue weighted by Gasteiger charge is -2.38. The molecule has 166 valence electrons. The van der Waals surface area contributed by atoms with E-state index in [1.54, 1.807) is 7.11 Å². The van der Waals surface area contributed by atoms with Crippen molar-refractivity contribution in [2.45, 2.75) is 30.6 Å². The highest BCUT2D eigenvalue weighted by Crippen LogP contribution is 2.35. The van der Waals surface area contributed by atoms with Gasteiger partial charge in [-0.2, -0.15) is 0 Å². The lowest BCUT2D eigenvalue weighted by atomic mass is 9.74. The highest BCUT2D eigenvalue weighted by atomic mass is 16.5. The van der Waals surface area contributed by atoms with Crippen molar-refractivity contribution in [1.29, 1.82) is 0 Å². The minimum Gasteiger partial charge on any atom is -0.497 e. The van der Waals surface area contributed by atoms with Crippen molar-refractivity contribution >= 4 is 5.91 Å². The summed E-state index contributed by atoms with van der Waals surface area (Å²) in [6, 6.07) is 28.8. The molecule has 1 atom stereocenters. The molecule has 0 radical (unpaired) electrons. The smallest absolute Gasteiger partial charge is 0.220 e. The van der Waals surface area contributed by atoms with E-state index in [0.29, 0.717) is 13.0 Å². The van der Waals surface area contributed by atoms with Crippen LogP contribution in [0.1, 0.15) is 41.9 Å². The fraction of sp³-hybridized carbons (Fsp3) is 0.321. The summed E-state index contributed by atoms with van der Waals surface area (Å²) in [7, 11) is 1.66. The second-order valence-corrected chi connectivity index (χ2v) is 8.48. The summed E-state index contributed by atoms with van der Waals surface area (Å²) in [5.74, 6) is 0.871. The third-order valence-corrected chi connectivity index (χ3v) is 6.57. The predicted molar refractivity (Wildman–Crippen MR) is 127 cm³/mol. The van der Waals surface area contributed by atoms with Crippen LogP contribution in [0.5, 0.6) is 5.75 Å². The molecule has 4 heteroatoms. The number of methoxy groups -OCH3 is 1. The summed E-state index contributed by atoms with van der Waals surface area (Å²) in [5, 5.41) is 3.27. The van der Waals surface area contributed by atoms with E-state index in [1.807, 2.05) is 48.5 Å². The van der Waals surface area contributed by atoms with Gasteiger partial charge in [0.05, 0.1) is 7.11 Å². The van der Waals surface area contributed by atoms with Crippen LogP contribution in [-0.4, -0.2) is 32.8 Å². The predicted octanol–water partition coefficient (Wildman–Crippen LogP) is 5.08. The number of amides is 1. The van der Waals surface area contributed by atoms with Gasteiger partial charge in [-0.25, -0.2) is 0 Å². The second kappa shape index (κ2) is 10.5. The third kappa shape index (κ3) is 5.20. The van der Waals surface area contributed by atoms with Gasteiger partial charge in [0.15, 0.2) is 0 Å². The van der Waals surface area contributed by atoms with Gasteiger partial charge in [-0.05, 0) is 41.7 Å². The minimum absolute atomic E-state index is 0.00975. The van der Waals surface area contributed by atoms with E-state index in [9.17, 15) is 4.79 Å². The Bertz CT molecular complexity index is 980. The maximum absolute atomic E-state index is 13.2. The molecule has 0 spiro atoms. The maximum atomic E-state index is 13.2. The summed E-state index contributed by atoms with van der Waals surface area (Å²) in [4.78, 5) is 13.2. The standard InChI is InChI=1S/C28H31NO3/c1-31-25-14-12-23(13-15-25)26(22-8-4-2-5-9-22)20-27(30)29-21-28(16-18-32-19-17-28)24-10-6-3-7-11-24/h2-15,26H,16-21H2,1H3,(H,29,30)/t26-/m0/s1. The van der Waals surface area contributed by atoms with Crippen molar-refractivity contribution in [3.63, 3.8) is 0 Å². The summed E-state index contributed by atoms with van der Waals surface area (Å²) in [6.45, 7) is 2.08. The van der Waals surface area contributed by atoms with Crippen molar-refractivity contribution in [1.82, 2.24) is 5.32 Å². The molecular weight excluding hydrogens is 398 g/mol. The number of hydrogen-bond acceptors (Lipinski definition) is 3. The molecule has 32 heavy (non-hydrogen) atoms. The monoisotopic (exact) mass is 429 g/mol. The van der Waals surface area contributed by atoms with E-state index in [0.717, 1.165) is 42.9 Å². The van der Waals surface area contributed by atoms with E-state index in [4.69, 9.17) is 9.47 Å². The molecule has 1 aliphatic rings. The van der Waals surface area contributed by atoms with Crippen LogP contribution in [-0.2, 0) is 14.9 Å². The van der Waals surface area contributed by atoms with Crippen LogP contribution >= 0.6 is 0 Å². The molecule has 1 heterocycles. The van der Waals surface area contributed by atoms with Crippen molar-refractivity contribution in [2.24, 2.45) is 0 Å². The normalized spacial score (nSPS) is 16.2. The van der Waals surface area contributed by atoms with Crippen molar-refractivity contribution in [3.8, 4) is 5.75 Å². The van der Waals surface area contributed by atoms with E-state index >= 15 is 0 Å². The number of rotatable bonds is 8. The molecule has 1 aliphatic heterocycles. The SMILES string of the molecule is COc1ccc([C@@H](CC(=O)NCC2(c3ccccc3)CCOCC2)c2ccccc2)cc1. The highest BCUT2D eigenvalue weighted by Gasteiger charge is 2.35. The summed E-state index contributed by atoms with van der Waals surface area (Å²) in [5.41, 5.74) is 3.45. The molecule has 1 amide bonds. The average molecular weight is 430 g/mol. The lowest BCUT2D eigenvalue weighted by molar-refractivity contribution is -0.121. The first kappa shape index (κ1) is 22.1. The van der Waals surface area contributed by atoms with Gasteiger partial charge in [-0.1, -0.05) is 72.8 Å². The zero-order chi connectivity index (χ0) is 22.2. The Morgan fingerprint density at radius 2 is 1.50 bits per heavy atom. The van der Waals surface area contributed by atoms with E-state index in [1.165, 1.54) is 5.56 Å². The minimum atomic E-state index is -0.0719. The topological polar surface area (TPSA) is 47.6 Å². The number of benzene rings is 3. The second-order valence-electron chi connectivity index (χ2n) is 8.48. The van der Waals surface area contributed by atoms with Crippen molar-refractivity contribution < 1.29 is 14.3 Å². The first-order valence-electron chi connectivity index (χ1n) is 11.3. The molecule has 1 saturated heterocycles. The highest BCUT2D eigenvalue weighted by molar-refractivity contribution is 5.77. The molecule has 1 N–H and O–H groups in total. The Labute approximate surface area is 190 Å². The van der Waals surface area contributed by atoms with Gasteiger partial charge < -0.3 is 14.8 Å². The Hall–Kier alpha value is -3.11. The Morgan fingerprint density at radius 3 is 2.12 bits per heavy atom. The van der Waals surface area contributed by atoms with Gasteiger partial charge in [0.25, 0.3) is 0 Å². The van der Waals surface area contributed by atoms with E-state index in [-0.39, 0.29) is 17.2 Å². The van der Waals surface area contributed by atoms with Gasteiger partial charge >= 0.3 is 0 Å². The number of hydrogen-bond donors (Lipinski definition) is 1. The quantitative estimate of drug-likeness (QED) is 0.543. The number of carbonyl (C=O) groups excluding carboxylic acids is 1. The molecule has 4 nitrogen and oxygen atoms in total. The first-order valence-corrected chi connectivity index (χ1v) is 11.3. The summed E-state index contributed by atoms with van der Waals surface area (Å²) >= 11 is 0. The zero-order valence-electron chi connectivity index (χ0n) is 18.6. The molecule has 3 aromatic carbocycles. The van der Waals surface area contributed by atoms with Crippen LogP contribution in [0.2, 0.25) is 0 Å². The zero-order valence-corrected chi connectivity index (χ0v) is 18.6. The van der Waals surface area contributed by atoms with Gasteiger partial charge in [0.2, 0.25) is 5.91 Å². The summed E-state index contributed by atoms with van der Waals surface area (Å²) < 4.78 is 10.9. The van der Waals surface area contributed by atoms with Crippen molar-refractivity contribution in [2.75, 3.05) is 26.9 Å². The molecule has 0 bridgehead atoms. The van der Waals surface area contributed by atoms with Crippen LogP contribution < -0.4 is 10.1 Å². The maximum Gasteiger partial charge on any atom is 0.220 e. The van der Waals surface area contributed by atoms with Gasteiger partial charge in [-0.15, -0.1) is 0 Å². The van der Waals surface area contributed by atoms with Crippen LogP contribution in [0, 0.1) is 0 Å². The fourth-order valence-electron chi connectivity index (χ4n) is 4.60. The number of ether oxygens (including phenoxy) is 2. The van der Waals surface area contributed by atoms with Gasteiger partial charge in [-0.3, -0.25) is 4.79 Å². The Balaban J connectivity index is 1.50. The lowest BCUT2D eigenvalue weighted by Crippen LogP contribution is -2.44. The molecular formula is C28H31NO3. The van der Waals surface area contributed by atoms with Gasteiger partial charge in [0.1, 0.15) is 5.75 Å². The largest absolute Gasteiger partial charge is 0.497 e. The molecule has 0 aromatic heterocycles. The Morgan fingerprint density at radius 1 is 0.906 bits per heavy atom.